The van der Waals surface area contributed by atoms with E-state index in [9.17, 15) is 8.42 Å². The summed E-state index contributed by atoms with van der Waals surface area (Å²) in [6.45, 7) is 1.83. The number of ether oxygens (including phenoxy) is 1. The van der Waals surface area contributed by atoms with Gasteiger partial charge in [0.15, 0.2) is 5.96 Å². The lowest BCUT2D eigenvalue weighted by Gasteiger charge is -2.22. The number of sulfonamides is 1. The molecule has 0 radical (unpaired) electrons. The van der Waals surface area contributed by atoms with Crippen molar-refractivity contribution in [1.82, 2.24) is 14.9 Å². The Labute approximate surface area is 142 Å². The Kier molecular flexibility index (Phi) is 8.15. The molecule has 0 spiro atoms. The first-order valence-electron chi connectivity index (χ1n) is 7.06. The molecule has 130 valence electrons. The molecular weight excluding hydrogens is 340 g/mol. The highest BCUT2D eigenvalue weighted by atomic mass is 35.5. The Morgan fingerprint density at radius 2 is 2.13 bits per heavy atom. The van der Waals surface area contributed by atoms with Crippen LogP contribution in [0.5, 0.6) is 5.75 Å². The zero-order valence-electron chi connectivity index (χ0n) is 13.5. The van der Waals surface area contributed by atoms with Gasteiger partial charge in [0.25, 0.3) is 0 Å². The molecule has 0 heterocycles. The van der Waals surface area contributed by atoms with Crippen molar-refractivity contribution in [2.45, 2.75) is 0 Å². The molecule has 0 saturated heterocycles. The summed E-state index contributed by atoms with van der Waals surface area (Å²) in [7, 11) is 0.371. The Bertz CT molecular complexity index is 622. The van der Waals surface area contributed by atoms with Crippen molar-refractivity contribution in [3.8, 4) is 5.75 Å². The summed E-state index contributed by atoms with van der Waals surface area (Å²) in [5.74, 6) is 1.38. The minimum atomic E-state index is -3.17. The molecular formula is C14H23ClN4O3S. The fraction of sp³-hybridized carbons (Fsp3) is 0.500. The average molecular weight is 363 g/mol. The van der Waals surface area contributed by atoms with Crippen LogP contribution in [0, 0.1) is 0 Å². The van der Waals surface area contributed by atoms with Gasteiger partial charge >= 0.3 is 0 Å². The van der Waals surface area contributed by atoms with Crippen LogP contribution in [0.3, 0.4) is 0 Å². The number of hydrogen-bond donors (Lipinski definition) is 2. The van der Waals surface area contributed by atoms with Gasteiger partial charge in [0.1, 0.15) is 12.4 Å². The molecule has 0 aliphatic heterocycles. The van der Waals surface area contributed by atoms with E-state index in [-0.39, 0.29) is 0 Å². The van der Waals surface area contributed by atoms with Crippen molar-refractivity contribution in [1.29, 1.82) is 0 Å². The lowest BCUT2D eigenvalue weighted by molar-refractivity contribution is 0.281. The minimum Gasteiger partial charge on any atom is -0.492 e. The third-order valence-electron chi connectivity index (χ3n) is 2.84. The second-order valence-electron chi connectivity index (χ2n) is 4.87. The summed E-state index contributed by atoms with van der Waals surface area (Å²) >= 11 is 5.89. The minimum absolute atomic E-state index is 0.296. The molecule has 23 heavy (non-hydrogen) atoms. The molecule has 0 saturated carbocycles. The van der Waals surface area contributed by atoms with Crippen LogP contribution < -0.4 is 14.8 Å². The molecule has 9 heteroatoms. The molecule has 2 N–H and O–H groups in total. The number of aliphatic imine (C=N–C) groups is 1. The Morgan fingerprint density at radius 3 is 2.74 bits per heavy atom. The highest BCUT2D eigenvalue weighted by Gasteiger charge is 2.06. The number of halogens is 1. The van der Waals surface area contributed by atoms with Crippen LogP contribution in [0.2, 0.25) is 5.02 Å². The maximum atomic E-state index is 11.0. The van der Waals surface area contributed by atoms with E-state index in [1.165, 1.54) is 0 Å². The molecule has 1 aromatic rings. The number of hydrogen-bond acceptors (Lipinski definition) is 4. The number of nitrogens with one attached hydrogen (secondary N) is 2. The summed E-state index contributed by atoms with van der Waals surface area (Å²) in [6, 6.07) is 7.22. The van der Waals surface area contributed by atoms with Gasteiger partial charge in [0.05, 0.1) is 12.8 Å². The second-order valence-corrected chi connectivity index (χ2v) is 7.14. The monoisotopic (exact) mass is 362 g/mol. The second kappa shape index (κ2) is 9.59. The van der Waals surface area contributed by atoms with Crippen molar-refractivity contribution >= 4 is 27.6 Å². The van der Waals surface area contributed by atoms with E-state index in [2.05, 4.69) is 15.0 Å². The van der Waals surface area contributed by atoms with Gasteiger partial charge in [0.2, 0.25) is 10.0 Å². The molecule has 0 aromatic heterocycles. The van der Waals surface area contributed by atoms with E-state index in [1.807, 2.05) is 24.1 Å². The standard InChI is InChI=1S/C14H23ClN4O3S/c1-16-14(17-7-8-18-23(3,20)21)19(2)9-10-22-13-6-4-5-12(15)11-13/h4-6,11,18H,7-10H2,1-3H3,(H,16,17). The Hall–Kier alpha value is -1.51. The van der Waals surface area contributed by atoms with Crippen LogP contribution >= 0.6 is 11.6 Å². The van der Waals surface area contributed by atoms with E-state index in [0.29, 0.717) is 43.0 Å². The third-order valence-corrected chi connectivity index (χ3v) is 3.80. The molecule has 0 atom stereocenters. The van der Waals surface area contributed by atoms with E-state index in [0.717, 1.165) is 6.26 Å². The Morgan fingerprint density at radius 1 is 1.39 bits per heavy atom. The predicted octanol–water partition coefficient (Wildman–Crippen LogP) is 0.775. The highest BCUT2D eigenvalue weighted by Crippen LogP contribution is 2.16. The van der Waals surface area contributed by atoms with Crippen LogP contribution in [-0.2, 0) is 10.0 Å². The third kappa shape index (κ3) is 8.63. The first kappa shape index (κ1) is 19.5. The lowest BCUT2D eigenvalue weighted by Crippen LogP contribution is -2.43. The van der Waals surface area contributed by atoms with Gasteiger partial charge in [0, 0.05) is 32.2 Å². The number of likely N-dealkylation sites (N-methyl/N-ethyl adjacent to an activating group) is 1. The van der Waals surface area contributed by atoms with Crippen LogP contribution in [0.25, 0.3) is 0 Å². The van der Waals surface area contributed by atoms with Crippen molar-refractivity contribution < 1.29 is 13.2 Å². The van der Waals surface area contributed by atoms with Gasteiger partial charge in [-0.3, -0.25) is 4.99 Å². The van der Waals surface area contributed by atoms with E-state index in [1.54, 1.807) is 19.2 Å². The molecule has 0 aliphatic carbocycles. The number of guanidine groups is 1. The van der Waals surface area contributed by atoms with Crippen LogP contribution in [-0.4, -0.2) is 65.9 Å². The quantitative estimate of drug-likeness (QED) is 0.405. The smallest absolute Gasteiger partial charge is 0.208 e. The normalized spacial score (nSPS) is 12.1. The summed E-state index contributed by atoms with van der Waals surface area (Å²) in [6.07, 6.45) is 1.13. The van der Waals surface area contributed by atoms with Gasteiger partial charge in [-0.1, -0.05) is 17.7 Å². The van der Waals surface area contributed by atoms with Gasteiger partial charge in [-0.05, 0) is 18.2 Å². The zero-order valence-corrected chi connectivity index (χ0v) is 15.1. The molecule has 0 bridgehead atoms. The van der Waals surface area contributed by atoms with E-state index >= 15 is 0 Å². The maximum Gasteiger partial charge on any atom is 0.208 e. The largest absolute Gasteiger partial charge is 0.492 e. The summed E-state index contributed by atoms with van der Waals surface area (Å²) in [4.78, 5) is 6.03. The number of nitrogens with zero attached hydrogens (tertiary/aromatic N) is 2. The highest BCUT2D eigenvalue weighted by molar-refractivity contribution is 7.88. The molecule has 0 amide bonds. The van der Waals surface area contributed by atoms with Crippen molar-refractivity contribution in [2.75, 3.05) is 46.6 Å². The molecule has 0 fully saturated rings. The van der Waals surface area contributed by atoms with Crippen molar-refractivity contribution in [3.63, 3.8) is 0 Å². The van der Waals surface area contributed by atoms with Gasteiger partial charge in [-0.25, -0.2) is 13.1 Å². The molecule has 7 nitrogen and oxygen atoms in total. The van der Waals surface area contributed by atoms with Crippen molar-refractivity contribution in [2.24, 2.45) is 4.99 Å². The molecule has 1 rings (SSSR count). The predicted molar refractivity (Wildman–Crippen MR) is 93.8 cm³/mol. The van der Waals surface area contributed by atoms with Crippen LogP contribution in [0.4, 0.5) is 0 Å². The first-order valence-corrected chi connectivity index (χ1v) is 9.33. The summed E-state index contributed by atoms with van der Waals surface area (Å²) in [5.41, 5.74) is 0. The van der Waals surface area contributed by atoms with E-state index < -0.39 is 10.0 Å². The van der Waals surface area contributed by atoms with Gasteiger partial charge in [-0.15, -0.1) is 0 Å². The Balaban J connectivity index is 2.32. The fourth-order valence-corrected chi connectivity index (χ4v) is 2.41. The topological polar surface area (TPSA) is 83.0 Å². The zero-order chi connectivity index (χ0) is 17.3. The molecule has 0 unspecified atom stereocenters. The SMILES string of the molecule is CN=C(NCCNS(C)(=O)=O)N(C)CCOc1cccc(Cl)c1. The molecule has 1 aromatic carbocycles. The summed E-state index contributed by atoms with van der Waals surface area (Å²) in [5, 5.41) is 3.70. The summed E-state index contributed by atoms with van der Waals surface area (Å²) < 4.78 is 30.0. The van der Waals surface area contributed by atoms with Crippen molar-refractivity contribution in [3.05, 3.63) is 29.3 Å². The molecule has 0 aliphatic rings. The van der Waals surface area contributed by atoms with Crippen LogP contribution in [0.15, 0.2) is 29.3 Å². The lowest BCUT2D eigenvalue weighted by atomic mass is 10.3. The van der Waals surface area contributed by atoms with Crippen LogP contribution in [0.1, 0.15) is 0 Å². The van der Waals surface area contributed by atoms with Gasteiger partial charge < -0.3 is 15.0 Å². The fourth-order valence-electron chi connectivity index (χ4n) is 1.76. The number of rotatable bonds is 8. The average Bonchev–Trinajstić information content (AvgIpc) is 2.46. The van der Waals surface area contributed by atoms with Gasteiger partial charge in [-0.2, -0.15) is 0 Å². The number of benzene rings is 1. The maximum absolute atomic E-state index is 11.0. The van der Waals surface area contributed by atoms with E-state index in [4.69, 9.17) is 16.3 Å². The first-order chi connectivity index (χ1) is 10.8.